The van der Waals surface area contributed by atoms with Crippen LogP contribution in [0, 0.1) is 0 Å². The third-order valence-corrected chi connectivity index (χ3v) is 2.02. The number of nitrogens with one attached hydrogen (secondary N) is 1. The molecule has 0 atom stereocenters. The van der Waals surface area contributed by atoms with Crippen molar-refractivity contribution in [3.05, 3.63) is 0 Å². The first-order valence-corrected chi connectivity index (χ1v) is 4.51. The third-order valence-electron chi connectivity index (χ3n) is 1.53. The van der Waals surface area contributed by atoms with Crippen LogP contribution in [0.25, 0.3) is 0 Å². The Morgan fingerprint density at radius 2 is 1.90 bits per heavy atom. The van der Waals surface area contributed by atoms with Crippen LogP contribution in [-0.2, 0) is 4.52 Å². The predicted octanol–water partition coefficient (Wildman–Crippen LogP) is -0.0335. The van der Waals surface area contributed by atoms with Crippen molar-refractivity contribution in [3.8, 4) is 0 Å². The summed E-state index contributed by atoms with van der Waals surface area (Å²) in [6.45, 7) is 1.82. The number of piperidine rings is 1. The van der Waals surface area contributed by atoms with Gasteiger partial charge in [-0.15, -0.1) is 0 Å². The summed E-state index contributed by atoms with van der Waals surface area (Å²) in [5.74, 6) is 0. The summed E-state index contributed by atoms with van der Waals surface area (Å²) in [6.07, 6.45) is 1.79. The van der Waals surface area contributed by atoms with E-state index in [1.807, 2.05) is 0 Å². The Balaban J connectivity index is 2.13. The SMILES string of the molecule is OP(O)OC1CCNCC1. The maximum atomic E-state index is 8.48. The van der Waals surface area contributed by atoms with Crippen molar-refractivity contribution >= 4 is 8.60 Å². The first kappa shape index (κ1) is 8.37. The van der Waals surface area contributed by atoms with E-state index in [9.17, 15) is 0 Å². The molecule has 1 rings (SSSR count). The minimum Gasteiger partial charge on any atom is -0.328 e. The Labute approximate surface area is 61.2 Å². The molecule has 1 saturated heterocycles. The average molecular weight is 165 g/mol. The first-order chi connectivity index (χ1) is 4.79. The van der Waals surface area contributed by atoms with E-state index in [4.69, 9.17) is 14.3 Å². The molecule has 0 unspecified atom stereocenters. The fourth-order valence-corrected chi connectivity index (χ4v) is 1.51. The van der Waals surface area contributed by atoms with Gasteiger partial charge in [-0.05, 0) is 25.9 Å². The molecule has 3 N–H and O–H groups in total. The van der Waals surface area contributed by atoms with Gasteiger partial charge in [0.15, 0.2) is 0 Å². The zero-order chi connectivity index (χ0) is 7.40. The van der Waals surface area contributed by atoms with Gasteiger partial charge in [0, 0.05) is 0 Å². The third kappa shape index (κ3) is 2.90. The van der Waals surface area contributed by atoms with Gasteiger partial charge in [-0.3, -0.25) is 0 Å². The average Bonchev–Trinajstić information content (AvgIpc) is 1.88. The molecule has 0 saturated carbocycles. The van der Waals surface area contributed by atoms with E-state index in [-0.39, 0.29) is 6.10 Å². The highest BCUT2D eigenvalue weighted by atomic mass is 31.2. The summed E-state index contributed by atoms with van der Waals surface area (Å²) in [6, 6.07) is 0. The summed E-state index contributed by atoms with van der Waals surface area (Å²) in [5, 5.41) is 3.15. The second-order valence-corrected chi connectivity index (χ2v) is 3.02. The number of rotatable bonds is 2. The molecule has 1 aliphatic rings. The highest BCUT2D eigenvalue weighted by Crippen LogP contribution is 2.29. The molecule has 0 amide bonds. The molecule has 10 heavy (non-hydrogen) atoms. The molecule has 0 bridgehead atoms. The van der Waals surface area contributed by atoms with E-state index in [1.54, 1.807) is 0 Å². The van der Waals surface area contributed by atoms with Crippen LogP contribution in [0.2, 0.25) is 0 Å². The number of hydrogen-bond donors (Lipinski definition) is 3. The molecule has 60 valence electrons. The van der Waals surface area contributed by atoms with Crippen LogP contribution >= 0.6 is 8.60 Å². The Bertz CT molecular complexity index is 94.9. The topological polar surface area (TPSA) is 61.7 Å². The van der Waals surface area contributed by atoms with Crippen LogP contribution in [0.3, 0.4) is 0 Å². The Morgan fingerprint density at radius 3 is 2.40 bits per heavy atom. The fraction of sp³-hybridized carbons (Fsp3) is 1.00. The smallest absolute Gasteiger partial charge is 0.327 e. The summed E-state index contributed by atoms with van der Waals surface area (Å²) in [4.78, 5) is 17.0. The van der Waals surface area contributed by atoms with Crippen LogP contribution in [0.15, 0.2) is 0 Å². The lowest BCUT2D eigenvalue weighted by Crippen LogP contribution is -2.31. The van der Waals surface area contributed by atoms with Crippen molar-refractivity contribution < 1.29 is 14.3 Å². The molecule has 1 fully saturated rings. The highest BCUT2D eigenvalue weighted by molar-refractivity contribution is 7.39. The van der Waals surface area contributed by atoms with Crippen molar-refractivity contribution in [1.29, 1.82) is 0 Å². The van der Waals surface area contributed by atoms with Crippen molar-refractivity contribution in [1.82, 2.24) is 5.32 Å². The van der Waals surface area contributed by atoms with Crippen molar-refractivity contribution in [2.75, 3.05) is 13.1 Å². The van der Waals surface area contributed by atoms with E-state index in [1.165, 1.54) is 0 Å². The van der Waals surface area contributed by atoms with Gasteiger partial charge in [-0.25, -0.2) is 0 Å². The van der Waals surface area contributed by atoms with Gasteiger partial charge in [-0.1, -0.05) is 0 Å². The highest BCUT2D eigenvalue weighted by Gasteiger charge is 2.16. The van der Waals surface area contributed by atoms with Crippen molar-refractivity contribution in [3.63, 3.8) is 0 Å². The largest absolute Gasteiger partial charge is 0.328 e. The zero-order valence-electron chi connectivity index (χ0n) is 5.66. The predicted molar refractivity (Wildman–Crippen MR) is 38.3 cm³/mol. The molecule has 0 spiro atoms. The van der Waals surface area contributed by atoms with Gasteiger partial charge in [0.25, 0.3) is 0 Å². The molecule has 5 heteroatoms. The summed E-state index contributed by atoms with van der Waals surface area (Å²) in [5.41, 5.74) is 0. The fourth-order valence-electron chi connectivity index (χ4n) is 1.03. The van der Waals surface area contributed by atoms with Crippen LogP contribution < -0.4 is 5.32 Å². The Kier molecular flexibility index (Phi) is 3.52. The summed E-state index contributed by atoms with van der Waals surface area (Å²) in [7, 11) is -2.15. The van der Waals surface area contributed by atoms with Gasteiger partial charge < -0.3 is 19.6 Å². The summed E-state index contributed by atoms with van der Waals surface area (Å²) >= 11 is 0. The van der Waals surface area contributed by atoms with Crippen LogP contribution in [0.5, 0.6) is 0 Å². The van der Waals surface area contributed by atoms with Gasteiger partial charge >= 0.3 is 8.60 Å². The van der Waals surface area contributed by atoms with Crippen molar-refractivity contribution in [2.45, 2.75) is 18.9 Å². The monoisotopic (exact) mass is 165 g/mol. The normalized spacial score (nSPS) is 21.9. The molecular weight excluding hydrogens is 153 g/mol. The minimum atomic E-state index is -2.15. The maximum absolute atomic E-state index is 8.48. The minimum absolute atomic E-state index is 0.0439. The molecule has 0 aromatic carbocycles. The number of hydrogen-bond acceptors (Lipinski definition) is 4. The van der Waals surface area contributed by atoms with Gasteiger partial charge in [0.05, 0.1) is 6.10 Å². The lowest BCUT2D eigenvalue weighted by molar-refractivity contribution is 0.139. The molecule has 1 heterocycles. The molecular formula is C5H12NO3P. The van der Waals surface area contributed by atoms with Crippen LogP contribution in [0.1, 0.15) is 12.8 Å². The Hall–Kier alpha value is 0.270. The van der Waals surface area contributed by atoms with E-state index < -0.39 is 8.60 Å². The second-order valence-electron chi connectivity index (χ2n) is 2.31. The van der Waals surface area contributed by atoms with Gasteiger partial charge in [0.2, 0.25) is 0 Å². The van der Waals surface area contributed by atoms with Crippen LogP contribution in [0.4, 0.5) is 0 Å². The molecule has 0 aromatic rings. The molecule has 0 aromatic heterocycles. The molecule has 0 radical (unpaired) electrons. The summed E-state index contributed by atoms with van der Waals surface area (Å²) < 4.78 is 4.83. The van der Waals surface area contributed by atoms with E-state index in [2.05, 4.69) is 5.32 Å². The van der Waals surface area contributed by atoms with Gasteiger partial charge in [0.1, 0.15) is 0 Å². The van der Waals surface area contributed by atoms with Crippen molar-refractivity contribution in [2.24, 2.45) is 0 Å². The standard InChI is InChI=1S/C5H12NO3P/c7-10(8)9-5-1-3-6-4-2-5/h5-8H,1-4H2. The van der Waals surface area contributed by atoms with E-state index in [0.29, 0.717) is 0 Å². The second kappa shape index (κ2) is 4.21. The first-order valence-electron chi connectivity index (χ1n) is 3.34. The molecule has 0 aliphatic carbocycles. The lowest BCUT2D eigenvalue weighted by atomic mass is 10.1. The molecule has 4 nitrogen and oxygen atoms in total. The lowest BCUT2D eigenvalue weighted by Gasteiger charge is -2.22. The van der Waals surface area contributed by atoms with Crippen LogP contribution in [-0.4, -0.2) is 29.0 Å². The quantitative estimate of drug-likeness (QED) is 0.503. The Morgan fingerprint density at radius 1 is 1.30 bits per heavy atom. The van der Waals surface area contributed by atoms with E-state index in [0.717, 1.165) is 25.9 Å². The maximum Gasteiger partial charge on any atom is 0.327 e. The van der Waals surface area contributed by atoms with E-state index >= 15 is 0 Å². The van der Waals surface area contributed by atoms with Gasteiger partial charge in [-0.2, -0.15) is 0 Å². The molecule has 1 aliphatic heterocycles. The zero-order valence-corrected chi connectivity index (χ0v) is 6.55.